The molecule has 2 heterocycles. The van der Waals surface area contributed by atoms with Crippen molar-refractivity contribution in [1.82, 2.24) is 10.2 Å². The van der Waals surface area contributed by atoms with Crippen LogP contribution in [0.3, 0.4) is 0 Å². The Morgan fingerprint density at radius 1 is 1.00 bits per heavy atom. The first-order chi connectivity index (χ1) is 9.24. The van der Waals surface area contributed by atoms with Gasteiger partial charge in [-0.25, -0.2) is 0 Å². The molecule has 0 spiro atoms. The Morgan fingerprint density at radius 2 is 1.84 bits per heavy atom. The lowest BCUT2D eigenvalue weighted by molar-refractivity contribution is 0.127. The van der Waals surface area contributed by atoms with E-state index in [2.05, 4.69) is 24.1 Å². The number of hydrogen-bond acceptors (Lipinski definition) is 2. The summed E-state index contributed by atoms with van der Waals surface area (Å²) in [6.45, 7) is 7.45. The van der Waals surface area contributed by atoms with Gasteiger partial charge in [-0.05, 0) is 56.9 Å². The summed E-state index contributed by atoms with van der Waals surface area (Å²) in [6.07, 6.45) is 11.6. The van der Waals surface area contributed by atoms with Crippen molar-refractivity contribution in [3.63, 3.8) is 0 Å². The minimum Gasteiger partial charge on any atom is -0.310 e. The summed E-state index contributed by atoms with van der Waals surface area (Å²) in [5.74, 6) is 1.83. The fraction of sp³-hybridized carbons (Fsp3) is 1.00. The van der Waals surface area contributed by atoms with Crippen LogP contribution in [0.15, 0.2) is 0 Å². The molecule has 1 saturated carbocycles. The normalized spacial score (nSPS) is 40.6. The molecular weight excluding hydrogens is 232 g/mol. The van der Waals surface area contributed by atoms with Crippen LogP contribution in [0.4, 0.5) is 0 Å². The fourth-order valence-electron chi connectivity index (χ4n) is 4.83. The van der Waals surface area contributed by atoms with Gasteiger partial charge in [0.05, 0.1) is 0 Å². The summed E-state index contributed by atoms with van der Waals surface area (Å²) >= 11 is 0. The zero-order valence-electron chi connectivity index (χ0n) is 12.9. The third kappa shape index (κ3) is 3.16. The number of fused-ring (bicyclic) bond motifs is 1. The highest BCUT2D eigenvalue weighted by Crippen LogP contribution is 2.33. The molecular formula is C17H32N2. The highest BCUT2D eigenvalue weighted by molar-refractivity contribution is 4.92. The third-order valence-corrected chi connectivity index (χ3v) is 5.88. The second-order valence-electron chi connectivity index (χ2n) is 7.54. The molecule has 4 atom stereocenters. The van der Waals surface area contributed by atoms with Crippen molar-refractivity contribution in [2.45, 2.75) is 83.3 Å². The Balaban J connectivity index is 1.53. The van der Waals surface area contributed by atoms with Gasteiger partial charge >= 0.3 is 0 Å². The summed E-state index contributed by atoms with van der Waals surface area (Å²) in [4.78, 5) is 2.78. The number of rotatable bonds is 3. The monoisotopic (exact) mass is 264 g/mol. The molecule has 0 amide bonds. The van der Waals surface area contributed by atoms with E-state index in [4.69, 9.17) is 0 Å². The Kier molecular flexibility index (Phi) is 4.48. The lowest BCUT2D eigenvalue weighted by Crippen LogP contribution is -2.53. The molecule has 0 bridgehead atoms. The van der Waals surface area contributed by atoms with E-state index in [1.165, 1.54) is 64.5 Å². The number of likely N-dealkylation sites (tertiary alicyclic amines) is 1. The molecule has 19 heavy (non-hydrogen) atoms. The Hall–Kier alpha value is -0.0800. The molecule has 3 aliphatic rings. The molecule has 2 nitrogen and oxygen atoms in total. The van der Waals surface area contributed by atoms with Gasteiger partial charge in [0, 0.05) is 24.7 Å². The quantitative estimate of drug-likeness (QED) is 0.840. The van der Waals surface area contributed by atoms with Crippen molar-refractivity contribution in [2.75, 3.05) is 13.1 Å². The van der Waals surface area contributed by atoms with Crippen molar-refractivity contribution in [3.8, 4) is 0 Å². The first-order valence-corrected chi connectivity index (χ1v) is 8.74. The van der Waals surface area contributed by atoms with E-state index < -0.39 is 0 Å². The summed E-state index contributed by atoms with van der Waals surface area (Å²) in [5, 5.41) is 4.00. The fourth-order valence-corrected chi connectivity index (χ4v) is 4.83. The van der Waals surface area contributed by atoms with Crippen LogP contribution in [0.1, 0.15) is 65.2 Å². The minimum absolute atomic E-state index is 0.777. The van der Waals surface area contributed by atoms with Gasteiger partial charge in [-0.3, -0.25) is 4.90 Å². The second kappa shape index (κ2) is 6.13. The summed E-state index contributed by atoms with van der Waals surface area (Å²) in [6, 6.07) is 2.48. The van der Waals surface area contributed by atoms with E-state index in [-0.39, 0.29) is 0 Å². The summed E-state index contributed by atoms with van der Waals surface area (Å²) < 4.78 is 0. The number of nitrogens with zero attached hydrogens (tertiary/aromatic N) is 1. The van der Waals surface area contributed by atoms with Gasteiger partial charge in [0.25, 0.3) is 0 Å². The Bertz CT molecular complexity index is 289. The van der Waals surface area contributed by atoms with Gasteiger partial charge in [-0.15, -0.1) is 0 Å². The number of hydrogen-bond donors (Lipinski definition) is 1. The second-order valence-corrected chi connectivity index (χ2v) is 7.54. The molecule has 1 N–H and O–H groups in total. The predicted octanol–water partition coefficient (Wildman–Crippen LogP) is 3.42. The zero-order valence-corrected chi connectivity index (χ0v) is 12.9. The van der Waals surface area contributed by atoms with Crippen molar-refractivity contribution < 1.29 is 0 Å². The third-order valence-electron chi connectivity index (χ3n) is 5.88. The highest BCUT2D eigenvalue weighted by atomic mass is 15.2. The molecule has 0 aromatic rings. The van der Waals surface area contributed by atoms with Crippen molar-refractivity contribution in [3.05, 3.63) is 0 Å². The van der Waals surface area contributed by atoms with Crippen LogP contribution in [0.25, 0.3) is 0 Å². The first kappa shape index (κ1) is 13.9. The van der Waals surface area contributed by atoms with Gasteiger partial charge in [0.1, 0.15) is 0 Å². The molecule has 0 aromatic carbocycles. The topological polar surface area (TPSA) is 15.3 Å². The van der Waals surface area contributed by atoms with Gasteiger partial charge < -0.3 is 5.32 Å². The van der Waals surface area contributed by atoms with E-state index in [0.29, 0.717) is 0 Å². The zero-order chi connectivity index (χ0) is 13.2. The van der Waals surface area contributed by atoms with Crippen LogP contribution in [0, 0.1) is 11.8 Å². The van der Waals surface area contributed by atoms with E-state index in [1.54, 1.807) is 0 Å². The maximum atomic E-state index is 4.00. The summed E-state index contributed by atoms with van der Waals surface area (Å²) in [7, 11) is 0. The Morgan fingerprint density at radius 3 is 2.68 bits per heavy atom. The molecule has 2 aliphatic heterocycles. The molecule has 0 radical (unpaired) electrons. The SMILES string of the molecule is CC(C)C1CCCN1CC1CCC2CCCCC2N1. The van der Waals surface area contributed by atoms with Gasteiger partial charge in [-0.2, -0.15) is 0 Å². The van der Waals surface area contributed by atoms with E-state index in [9.17, 15) is 0 Å². The molecule has 3 rings (SSSR count). The van der Waals surface area contributed by atoms with Crippen LogP contribution in [-0.4, -0.2) is 36.1 Å². The maximum absolute atomic E-state index is 4.00. The molecule has 4 unspecified atom stereocenters. The lowest BCUT2D eigenvalue weighted by Gasteiger charge is -2.42. The van der Waals surface area contributed by atoms with Gasteiger partial charge in [0.15, 0.2) is 0 Å². The van der Waals surface area contributed by atoms with Crippen LogP contribution < -0.4 is 5.32 Å². The molecule has 1 aliphatic carbocycles. The molecule has 2 heteroatoms. The van der Waals surface area contributed by atoms with Crippen LogP contribution in [0.2, 0.25) is 0 Å². The van der Waals surface area contributed by atoms with Crippen molar-refractivity contribution in [1.29, 1.82) is 0 Å². The van der Waals surface area contributed by atoms with Crippen LogP contribution >= 0.6 is 0 Å². The lowest BCUT2D eigenvalue weighted by atomic mass is 9.77. The van der Waals surface area contributed by atoms with Gasteiger partial charge in [-0.1, -0.05) is 26.7 Å². The largest absolute Gasteiger partial charge is 0.310 e. The average Bonchev–Trinajstić information content (AvgIpc) is 2.87. The molecule has 2 saturated heterocycles. The van der Waals surface area contributed by atoms with Crippen LogP contribution in [-0.2, 0) is 0 Å². The molecule has 3 fully saturated rings. The van der Waals surface area contributed by atoms with Crippen LogP contribution in [0.5, 0.6) is 0 Å². The number of piperidine rings is 1. The standard InChI is InChI=1S/C17H32N2/c1-13(2)17-8-5-11-19(17)12-15-10-9-14-6-3-4-7-16(14)18-15/h13-18H,3-12H2,1-2H3. The first-order valence-electron chi connectivity index (χ1n) is 8.74. The predicted molar refractivity (Wildman–Crippen MR) is 81.3 cm³/mol. The van der Waals surface area contributed by atoms with E-state index in [0.717, 1.165) is 30.0 Å². The molecule has 0 aromatic heterocycles. The molecule has 110 valence electrons. The maximum Gasteiger partial charge on any atom is 0.0197 e. The highest BCUT2D eigenvalue weighted by Gasteiger charge is 2.34. The summed E-state index contributed by atoms with van der Waals surface area (Å²) in [5.41, 5.74) is 0. The minimum atomic E-state index is 0.777. The Labute approximate surface area is 119 Å². The van der Waals surface area contributed by atoms with Gasteiger partial charge in [0.2, 0.25) is 0 Å². The van der Waals surface area contributed by atoms with E-state index >= 15 is 0 Å². The van der Waals surface area contributed by atoms with E-state index in [1.807, 2.05) is 0 Å². The average molecular weight is 264 g/mol. The smallest absolute Gasteiger partial charge is 0.0197 e. The van der Waals surface area contributed by atoms with Crippen molar-refractivity contribution in [2.24, 2.45) is 11.8 Å². The number of nitrogens with one attached hydrogen (secondary N) is 1. The van der Waals surface area contributed by atoms with Crippen molar-refractivity contribution >= 4 is 0 Å².